The third-order valence-electron chi connectivity index (χ3n) is 3.73. The van der Waals surface area contributed by atoms with Gasteiger partial charge >= 0.3 is 0 Å². The van der Waals surface area contributed by atoms with Crippen LogP contribution in [0.1, 0.15) is 31.4 Å². The molecule has 1 rings (SSSR count). The van der Waals surface area contributed by atoms with Crippen molar-refractivity contribution < 1.29 is 4.79 Å². The SMILES string of the molecule is CCC(C)N(C)CCNC(=O)Cc1ccc(C(N)=S)cc1. The largest absolute Gasteiger partial charge is 0.389 e. The average Bonchev–Trinajstić information content (AvgIpc) is 2.46. The lowest BCUT2D eigenvalue weighted by Gasteiger charge is -2.23. The van der Waals surface area contributed by atoms with Crippen molar-refractivity contribution in [2.24, 2.45) is 5.73 Å². The Hall–Kier alpha value is -1.46. The molecular formula is C16H25N3OS. The molecule has 1 aromatic carbocycles. The third kappa shape index (κ3) is 6.23. The first-order valence-corrected chi connectivity index (χ1v) is 7.70. The van der Waals surface area contributed by atoms with Crippen LogP contribution in [0.5, 0.6) is 0 Å². The quantitative estimate of drug-likeness (QED) is 0.718. The second-order valence-corrected chi connectivity index (χ2v) is 5.77. The fraction of sp³-hybridized carbons (Fsp3) is 0.500. The first kappa shape index (κ1) is 17.6. The molecular weight excluding hydrogens is 282 g/mol. The van der Waals surface area contributed by atoms with Crippen molar-refractivity contribution in [3.8, 4) is 0 Å². The van der Waals surface area contributed by atoms with E-state index >= 15 is 0 Å². The molecule has 0 spiro atoms. The summed E-state index contributed by atoms with van der Waals surface area (Å²) in [5.74, 6) is 0.0376. The lowest BCUT2D eigenvalue weighted by atomic mass is 10.1. The molecule has 0 aliphatic rings. The Labute approximate surface area is 132 Å². The molecule has 3 N–H and O–H groups in total. The van der Waals surface area contributed by atoms with Crippen molar-refractivity contribution in [3.05, 3.63) is 35.4 Å². The minimum atomic E-state index is 0.0376. The first-order valence-electron chi connectivity index (χ1n) is 7.29. The number of nitrogens with two attached hydrogens (primary N) is 1. The standard InChI is InChI=1S/C16H25N3OS/c1-4-12(2)19(3)10-9-18-15(20)11-13-5-7-14(8-6-13)16(17)21/h5-8,12H,4,9-11H2,1-3H3,(H2,17,21)(H,18,20). The van der Waals surface area contributed by atoms with Gasteiger partial charge in [-0.15, -0.1) is 0 Å². The third-order valence-corrected chi connectivity index (χ3v) is 3.97. The number of hydrogen-bond acceptors (Lipinski definition) is 3. The molecule has 0 heterocycles. The molecule has 1 unspecified atom stereocenters. The monoisotopic (exact) mass is 307 g/mol. The summed E-state index contributed by atoms with van der Waals surface area (Å²) in [6, 6.07) is 8.01. The van der Waals surface area contributed by atoms with Crippen molar-refractivity contribution in [1.82, 2.24) is 10.2 Å². The molecule has 0 radical (unpaired) electrons. The van der Waals surface area contributed by atoms with Crippen LogP contribution in [0.25, 0.3) is 0 Å². The van der Waals surface area contributed by atoms with E-state index in [0.717, 1.165) is 24.1 Å². The summed E-state index contributed by atoms with van der Waals surface area (Å²) < 4.78 is 0. The van der Waals surface area contributed by atoms with Gasteiger partial charge in [0.15, 0.2) is 0 Å². The normalized spacial score (nSPS) is 12.2. The Bertz CT molecular complexity index is 473. The van der Waals surface area contributed by atoms with Crippen molar-refractivity contribution >= 4 is 23.1 Å². The lowest BCUT2D eigenvalue weighted by molar-refractivity contribution is -0.120. The van der Waals surface area contributed by atoms with Crippen LogP contribution in [0.3, 0.4) is 0 Å². The Morgan fingerprint density at radius 2 is 2.00 bits per heavy atom. The van der Waals surface area contributed by atoms with E-state index in [2.05, 4.69) is 31.1 Å². The number of rotatable bonds is 8. The van der Waals surface area contributed by atoms with Crippen molar-refractivity contribution in [3.63, 3.8) is 0 Å². The topological polar surface area (TPSA) is 58.4 Å². The maximum absolute atomic E-state index is 11.9. The number of benzene rings is 1. The average molecular weight is 307 g/mol. The number of thiocarbonyl (C=S) groups is 1. The molecule has 4 nitrogen and oxygen atoms in total. The van der Waals surface area contributed by atoms with E-state index in [9.17, 15) is 4.79 Å². The van der Waals surface area contributed by atoms with Gasteiger partial charge in [0, 0.05) is 24.7 Å². The van der Waals surface area contributed by atoms with Crippen LogP contribution >= 0.6 is 12.2 Å². The van der Waals surface area contributed by atoms with Crippen molar-refractivity contribution in [2.45, 2.75) is 32.7 Å². The summed E-state index contributed by atoms with van der Waals surface area (Å²) in [5, 5.41) is 2.95. The molecule has 0 saturated carbocycles. The zero-order chi connectivity index (χ0) is 15.8. The molecule has 0 fully saturated rings. The van der Waals surface area contributed by atoms with Crippen LogP contribution in [0.15, 0.2) is 24.3 Å². The van der Waals surface area contributed by atoms with Gasteiger partial charge in [-0.2, -0.15) is 0 Å². The van der Waals surface area contributed by atoms with E-state index < -0.39 is 0 Å². The van der Waals surface area contributed by atoms with Gasteiger partial charge in [-0.25, -0.2) is 0 Å². The number of amides is 1. The Balaban J connectivity index is 2.35. The van der Waals surface area contributed by atoms with E-state index in [0.29, 0.717) is 24.0 Å². The van der Waals surface area contributed by atoms with Gasteiger partial charge in [-0.1, -0.05) is 43.4 Å². The zero-order valence-electron chi connectivity index (χ0n) is 13.1. The molecule has 1 atom stereocenters. The predicted molar refractivity (Wildman–Crippen MR) is 91.4 cm³/mol. The van der Waals surface area contributed by atoms with E-state index in [1.165, 1.54) is 0 Å². The number of nitrogens with one attached hydrogen (secondary N) is 1. The molecule has 0 aromatic heterocycles. The molecule has 0 aliphatic heterocycles. The van der Waals surface area contributed by atoms with Crippen LogP contribution in [0.2, 0.25) is 0 Å². The molecule has 0 saturated heterocycles. The van der Waals surface area contributed by atoms with Gasteiger partial charge in [0.2, 0.25) is 5.91 Å². The second-order valence-electron chi connectivity index (χ2n) is 5.33. The summed E-state index contributed by atoms with van der Waals surface area (Å²) in [6.45, 7) is 5.88. The molecule has 1 aromatic rings. The van der Waals surface area contributed by atoms with Gasteiger partial charge < -0.3 is 16.0 Å². The highest BCUT2D eigenvalue weighted by Gasteiger charge is 2.07. The second kappa shape index (κ2) is 8.74. The van der Waals surface area contributed by atoms with E-state index in [1.54, 1.807) is 0 Å². The molecule has 1 amide bonds. The van der Waals surface area contributed by atoms with E-state index in [4.69, 9.17) is 18.0 Å². The van der Waals surface area contributed by atoms with E-state index in [-0.39, 0.29) is 5.91 Å². The molecule has 0 bridgehead atoms. The highest BCUT2D eigenvalue weighted by atomic mass is 32.1. The molecule has 116 valence electrons. The molecule has 21 heavy (non-hydrogen) atoms. The van der Waals surface area contributed by atoms with Crippen LogP contribution in [-0.2, 0) is 11.2 Å². The number of likely N-dealkylation sites (N-methyl/N-ethyl adjacent to an activating group) is 1. The van der Waals surface area contributed by atoms with Crippen LogP contribution in [0.4, 0.5) is 0 Å². The summed E-state index contributed by atoms with van der Waals surface area (Å²) in [6.07, 6.45) is 1.49. The Kier molecular flexibility index (Phi) is 7.32. The fourth-order valence-corrected chi connectivity index (χ4v) is 2.07. The van der Waals surface area contributed by atoms with Gasteiger partial charge in [0.1, 0.15) is 4.99 Å². The minimum Gasteiger partial charge on any atom is -0.389 e. The van der Waals surface area contributed by atoms with Gasteiger partial charge in [0.05, 0.1) is 6.42 Å². The van der Waals surface area contributed by atoms with Gasteiger partial charge in [0.25, 0.3) is 0 Å². The fourth-order valence-electron chi connectivity index (χ4n) is 1.94. The number of hydrogen-bond donors (Lipinski definition) is 2. The van der Waals surface area contributed by atoms with Gasteiger partial charge in [-0.05, 0) is 26.0 Å². The highest BCUT2D eigenvalue weighted by Crippen LogP contribution is 2.05. The summed E-state index contributed by atoms with van der Waals surface area (Å²) in [4.78, 5) is 14.5. The summed E-state index contributed by atoms with van der Waals surface area (Å²) in [5.41, 5.74) is 7.33. The minimum absolute atomic E-state index is 0.0376. The van der Waals surface area contributed by atoms with Crippen LogP contribution < -0.4 is 11.1 Å². The Morgan fingerprint density at radius 1 is 1.38 bits per heavy atom. The summed E-state index contributed by atoms with van der Waals surface area (Å²) in [7, 11) is 2.08. The van der Waals surface area contributed by atoms with Gasteiger partial charge in [-0.3, -0.25) is 4.79 Å². The Morgan fingerprint density at radius 3 is 2.52 bits per heavy atom. The number of carbonyl (C=O) groups excluding carboxylic acids is 1. The zero-order valence-corrected chi connectivity index (χ0v) is 13.9. The summed E-state index contributed by atoms with van der Waals surface area (Å²) >= 11 is 4.90. The number of nitrogens with zero attached hydrogens (tertiary/aromatic N) is 1. The van der Waals surface area contributed by atoms with Crippen LogP contribution in [0, 0.1) is 0 Å². The van der Waals surface area contributed by atoms with E-state index in [1.807, 2.05) is 24.3 Å². The predicted octanol–water partition coefficient (Wildman–Crippen LogP) is 1.71. The maximum Gasteiger partial charge on any atom is 0.224 e. The maximum atomic E-state index is 11.9. The highest BCUT2D eigenvalue weighted by molar-refractivity contribution is 7.80. The van der Waals surface area contributed by atoms with Crippen molar-refractivity contribution in [1.29, 1.82) is 0 Å². The lowest BCUT2D eigenvalue weighted by Crippen LogP contribution is -2.37. The number of carbonyl (C=O) groups is 1. The first-order chi connectivity index (χ1) is 9.93. The smallest absolute Gasteiger partial charge is 0.224 e. The molecule has 0 aliphatic carbocycles. The van der Waals surface area contributed by atoms with Crippen molar-refractivity contribution in [2.75, 3.05) is 20.1 Å². The van der Waals surface area contributed by atoms with Crippen LogP contribution in [-0.4, -0.2) is 42.0 Å². The molecule has 5 heteroatoms.